The summed E-state index contributed by atoms with van der Waals surface area (Å²) < 4.78 is 24.1. The average Bonchev–Trinajstić information content (AvgIpc) is 2.85. The van der Waals surface area contributed by atoms with Crippen LogP contribution in [0.2, 0.25) is 0 Å². The number of carbonyl (C=O) groups is 2. The van der Waals surface area contributed by atoms with Crippen molar-refractivity contribution >= 4 is 33.6 Å². The molecule has 2 fully saturated rings. The summed E-state index contributed by atoms with van der Waals surface area (Å²) in [6.07, 6.45) is 2.91. The fourth-order valence-electron chi connectivity index (χ4n) is 2.69. The minimum atomic E-state index is -3.19. The van der Waals surface area contributed by atoms with Crippen LogP contribution in [0.4, 0.5) is 0 Å². The first-order chi connectivity index (χ1) is 9.73. The maximum Gasteiger partial charge on any atom is 0.243 e. The average molecular weight is 335 g/mol. The summed E-state index contributed by atoms with van der Waals surface area (Å²) in [4.78, 5) is 25.6. The molecule has 2 atom stereocenters. The molecule has 0 aliphatic carbocycles. The van der Waals surface area contributed by atoms with Crippen molar-refractivity contribution in [2.45, 2.75) is 37.1 Å². The number of hydrogen-bond donors (Lipinski definition) is 2. The van der Waals surface area contributed by atoms with Crippen LogP contribution in [0, 0.1) is 0 Å². The van der Waals surface area contributed by atoms with E-state index in [4.69, 9.17) is 0 Å². The van der Waals surface area contributed by atoms with Crippen LogP contribution < -0.4 is 10.0 Å². The van der Waals surface area contributed by atoms with Gasteiger partial charge in [-0.25, -0.2) is 13.1 Å². The summed E-state index contributed by atoms with van der Waals surface area (Å²) in [7, 11) is -3.19. The Labute approximate surface area is 129 Å². The van der Waals surface area contributed by atoms with Gasteiger partial charge in [-0.15, -0.1) is 11.8 Å². The second kappa shape index (κ2) is 6.13. The fourth-order valence-corrected chi connectivity index (χ4v) is 4.64. The second-order valence-corrected chi connectivity index (χ2v) is 8.91. The summed E-state index contributed by atoms with van der Waals surface area (Å²) >= 11 is 1.66. The van der Waals surface area contributed by atoms with Gasteiger partial charge in [0.25, 0.3) is 0 Å². The van der Waals surface area contributed by atoms with Gasteiger partial charge >= 0.3 is 0 Å². The van der Waals surface area contributed by atoms with Crippen LogP contribution in [0.25, 0.3) is 0 Å². The van der Waals surface area contributed by atoms with E-state index >= 15 is 0 Å². The topological polar surface area (TPSA) is 95.6 Å². The van der Waals surface area contributed by atoms with Gasteiger partial charge in [0, 0.05) is 25.3 Å². The Balaban J connectivity index is 1.78. The van der Waals surface area contributed by atoms with Crippen molar-refractivity contribution in [3.05, 3.63) is 0 Å². The normalized spacial score (nSPS) is 28.8. The van der Waals surface area contributed by atoms with E-state index in [2.05, 4.69) is 10.0 Å². The third-order valence-corrected chi connectivity index (χ3v) is 6.00. The van der Waals surface area contributed by atoms with Crippen LogP contribution in [-0.4, -0.2) is 61.1 Å². The molecule has 2 aliphatic rings. The predicted octanol–water partition coefficient (Wildman–Crippen LogP) is -0.504. The highest BCUT2D eigenvalue weighted by Crippen LogP contribution is 2.47. The Morgan fingerprint density at radius 3 is 2.86 bits per heavy atom. The number of carbonyl (C=O) groups excluding carboxylic acids is 2. The number of nitrogens with one attached hydrogen (secondary N) is 2. The lowest BCUT2D eigenvalue weighted by atomic mass is 10.2. The van der Waals surface area contributed by atoms with Gasteiger partial charge in [-0.05, 0) is 19.8 Å². The van der Waals surface area contributed by atoms with E-state index in [0.29, 0.717) is 31.7 Å². The molecule has 0 aromatic rings. The smallest absolute Gasteiger partial charge is 0.243 e. The van der Waals surface area contributed by atoms with Crippen LogP contribution in [0.1, 0.15) is 26.2 Å². The zero-order chi connectivity index (χ0) is 15.7. The van der Waals surface area contributed by atoms with Crippen LogP contribution in [0.15, 0.2) is 0 Å². The summed E-state index contributed by atoms with van der Waals surface area (Å²) in [6.45, 7) is 2.69. The summed E-state index contributed by atoms with van der Waals surface area (Å²) in [5.41, 5.74) is 0. The molecule has 2 rings (SSSR count). The van der Waals surface area contributed by atoms with E-state index in [1.807, 2.05) is 6.92 Å². The molecule has 2 N–H and O–H groups in total. The Morgan fingerprint density at radius 1 is 1.48 bits per heavy atom. The third-order valence-electron chi connectivity index (χ3n) is 3.76. The van der Waals surface area contributed by atoms with Gasteiger partial charge in [0.1, 0.15) is 6.04 Å². The van der Waals surface area contributed by atoms with E-state index in [1.54, 1.807) is 16.7 Å². The number of sulfonamides is 1. The molecule has 0 bridgehead atoms. The SMILES string of the molecule is CC12CCC(=O)N1C(C(=O)NCCCNS(C)(=O)=O)CS2. The van der Waals surface area contributed by atoms with E-state index in [-0.39, 0.29) is 16.7 Å². The molecule has 0 radical (unpaired) electrons. The molecule has 0 aromatic carbocycles. The number of nitrogens with zero attached hydrogens (tertiary/aromatic N) is 1. The van der Waals surface area contributed by atoms with E-state index in [0.717, 1.165) is 12.7 Å². The van der Waals surface area contributed by atoms with Crippen molar-refractivity contribution < 1.29 is 18.0 Å². The van der Waals surface area contributed by atoms with Crippen LogP contribution in [0.5, 0.6) is 0 Å². The van der Waals surface area contributed by atoms with Crippen LogP contribution >= 0.6 is 11.8 Å². The van der Waals surface area contributed by atoms with Gasteiger partial charge in [-0.3, -0.25) is 9.59 Å². The zero-order valence-corrected chi connectivity index (χ0v) is 13.8. The quantitative estimate of drug-likeness (QED) is 0.638. The van der Waals surface area contributed by atoms with Gasteiger partial charge in [0.15, 0.2) is 0 Å². The van der Waals surface area contributed by atoms with Crippen LogP contribution in [-0.2, 0) is 19.6 Å². The van der Waals surface area contributed by atoms with Crippen molar-refractivity contribution in [2.75, 3.05) is 25.1 Å². The maximum atomic E-state index is 12.2. The Morgan fingerprint density at radius 2 is 2.19 bits per heavy atom. The van der Waals surface area contributed by atoms with E-state index in [1.165, 1.54) is 0 Å². The van der Waals surface area contributed by atoms with Crippen molar-refractivity contribution in [3.63, 3.8) is 0 Å². The Kier molecular flexibility index (Phi) is 4.84. The third kappa shape index (κ3) is 3.89. The highest BCUT2D eigenvalue weighted by Gasteiger charge is 2.52. The van der Waals surface area contributed by atoms with Crippen molar-refractivity contribution in [1.82, 2.24) is 14.9 Å². The minimum absolute atomic E-state index is 0.0430. The first-order valence-electron chi connectivity index (χ1n) is 6.91. The largest absolute Gasteiger partial charge is 0.354 e. The van der Waals surface area contributed by atoms with Gasteiger partial charge < -0.3 is 10.2 Å². The number of rotatable bonds is 6. The first-order valence-corrected chi connectivity index (χ1v) is 9.79. The summed E-state index contributed by atoms with van der Waals surface area (Å²) in [6, 6.07) is -0.405. The molecule has 21 heavy (non-hydrogen) atoms. The Hall–Kier alpha value is -0.800. The van der Waals surface area contributed by atoms with E-state index < -0.39 is 16.1 Å². The molecule has 120 valence electrons. The molecule has 2 unspecified atom stereocenters. The second-order valence-electron chi connectivity index (χ2n) is 5.58. The van der Waals surface area contributed by atoms with Crippen LogP contribution in [0.3, 0.4) is 0 Å². The summed E-state index contributed by atoms with van der Waals surface area (Å²) in [5, 5.41) is 2.78. The van der Waals surface area contributed by atoms with Gasteiger partial charge in [-0.2, -0.15) is 0 Å². The van der Waals surface area contributed by atoms with Crippen molar-refractivity contribution in [3.8, 4) is 0 Å². The monoisotopic (exact) mass is 335 g/mol. The number of thioether (sulfide) groups is 1. The lowest BCUT2D eigenvalue weighted by Gasteiger charge is -2.29. The minimum Gasteiger partial charge on any atom is -0.354 e. The zero-order valence-electron chi connectivity index (χ0n) is 12.2. The molecule has 2 amide bonds. The Bertz CT molecular complexity index is 537. The van der Waals surface area contributed by atoms with Gasteiger partial charge in [0.05, 0.1) is 11.1 Å². The molecule has 0 saturated carbocycles. The lowest BCUT2D eigenvalue weighted by Crippen LogP contribution is -2.50. The molecular weight excluding hydrogens is 314 g/mol. The fraction of sp³-hybridized carbons (Fsp3) is 0.833. The maximum absolute atomic E-state index is 12.2. The van der Waals surface area contributed by atoms with Gasteiger partial charge in [0.2, 0.25) is 21.8 Å². The molecule has 2 aliphatic heterocycles. The number of amides is 2. The highest BCUT2D eigenvalue weighted by molar-refractivity contribution is 8.01. The standard InChI is InChI=1S/C12H21N3O4S2/c1-12-5-4-10(16)15(12)9(8-20-12)11(17)13-6-3-7-14-21(2,18)19/h9,14H,3-8H2,1-2H3,(H,13,17). The lowest BCUT2D eigenvalue weighted by molar-refractivity contribution is -0.137. The van der Waals surface area contributed by atoms with Crippen molar-refractivity contribution in [2.24, 2.45) is 0 Å². The molecule has 9 heteroatoms. The van der Waals surface area contributed by atoms with Crippen molar-refractivity contribution in [1.29, 1.82) is 0 Å². The molecular formula is C12H21N3O4S2. The van der Waals surface area contributed by atoms with Gasteiger partial charge in [-0.1, -0.05) is 0 Å². The molecule has 2 heterocycles. The molecule has 0 spiro atoms. The number of fused-ring (bicyclic) bond motifs is 1. The summed E-state index contributed by atoms with van der Waals surface area (Å²) in [5.74, 6) is 0.512. The first kappa shape index (κ1) is 16.6. The highest BCUT2D eigenvalue weighted by atomic mass is 32.2. The molecule has 2 saturated heterocycles. The molecule has 0 aromatic heterocycles. The number of hydrogen-bond acceptors (Lipinski definition) is 5. The van der Waals surface area contributed by atoms with E-state index in [9.17, 15) is 18.0 Å². The predicted molar refractivity (Wildman–Crippen MR) is 81.2 cm³/mol. The molecule has 7 nitrogen and oxygen atoms in total.